The van der Waals surface area contributed by atoms with Crippen molar-refractivity contribution in [3.8, 4) is 0 Å². The van der Waals surface area contributed by atoms with Crippen molar-refractivity contribution in [1.29, 1.82) is 0 Å². The molecule has 0 heterocycles. The molecule has 1 aromatic carbocycles. The maximum absolute atomic E-state index is 12.3. The van der Waals surface area contributed by atoms with Gasteiger partial charge in [0.2, 0.25) is 10.0 Å². The van der Waals surface area contributed by atoms with Gasteiger partial charge in [-0.25, -0.2) is 13.2 Å². The molecule has 7 heteroatoms. The van der Waals surface area contributed by atoms with E-state index in [1.54, 1.807) is 6.92 Å². The summed E-state index contributed by atoms with van der Waals surface area (Å²) in [5.74, 6) is -1.09. The second kappa shape index (κ2) is 6.14. The lowest BCUT2D eigenvalue weighted by Gasteiger charge is -2.23. The van der Waals surface area contributed by atoms with E-state index in [1.807, 2.05) is 0 Å². The van der Waals surface area contributed by atoms with Crippen LogP contribution in [0.25, 0.3) is 0 Å². The summed E-state index contributed by atoms with van der Waals surface area (Å²) in [7, 11) is -0.681. The van der Waals surface area contributed by atoms with Crippen LogP contribution in [0.4, 0.5) is 0 Å². The van der Waals surface area contributed by atoms with Crippen molar-refractivity contribution in [2.75, 3.05) is 20.8 Å². The highest BCUT2D eigenvalue weighted by atomic mass is 32.2. The van der Waals surface area contributed by atoms with Crippen LogP contribution in [0.5, 0.6) is 0 Å². The molecular weight excluding hydrogens is 270 g/mol. The molecular formula is C12H17NO5S. The molecule has 0 aliphatic carbocycles. The van der Waals surface area contributed by atoms with E-state index in [0.717, 1.165) is 0 Å². The van der Waals surface area contributed by atoms with Crippen LogP contribution in [0.15, 0.2) is 29.2 Å². The predicted octanol–water partition coefficient (Wildman–Crippen LogP) is 1.04. The fourth-order valence-corrected chi connectivity index (χ4v) is 2.87. The first kappa shape index (κ1) is 15.6. The quantitative estimate of drug-likeness (QED) is 0.845. The summed E-state index contributed by atoms with van der Waals surface area (Å²) < 4.78 is 30.6. The summed E-state index contributed by atoms with van der Waals surface area (Å²) in [6.07, 6.45) is 0. The minimum absolute atomic E-state index is 0.0477. The number of carboxylic acid groups (broad SMARTS) is 1. The van der Waals surface area contributed by atoms with Crippen LogP contribution in [0, 0.1) is 0 Å². The summed E-state index contributed by atoms with van der Waals surface area (Å²) in [6.45, 7) is 2.01. The van der Waals surface area contributed by atoms with Crippen LogP contribution in [-0.2, 0) is 14.8 Å². The predicted molar refractivity (Wildman–Crippen MR) is 69.7 cm³/mol. The minimum atomic E-state index is -3.64. The second-order valence-corrected chi connectivity index (χ2v) is 6.15. The molecule has 106 valence electrons. The van der Waals surface area contributed by atoms with Gasteiger partial charge in [0.1, 0.15) is 0 Å². The Hall–Kier alpha value is -1.44. The SMILES string of the molecule is COC[C@H](C)N(C)S(=O)(=O)c1ccc(C(=O)O)cc1. The molecule has 0 saturated heterocycles. The highest BCUT2D eigenvalue weighted by Crippen LogP contribution is 2.17. The number of benzene rings is 1. The van der Waals surface area contributed by atoms with Gasteiger partial charge in [-0.3, -0.25) is 0 Å². The lowest BCUT2D eigenvalue weighted by molar-refractivity contribution is 0.0696. The van der Waals surface area contributed by atoms with Crippen LogP contribution in [0.1, 0.15) is 17.3 Å². The van der Waals surface area contributed by atoms with Gasteiger partial charge < -0.3 is 9.84 Å². The van der Waals surface area contributed by atoms with Crippen LogP contribution >= 0.6 is 0 Å². The largest absolute Gasteiger partial charge is 0.478 e. The Morgan fingerprint density at radius 2 is 1.89 bits per heavy atom. The highest BCUT2D eigenvalue weighted by molar-refractivity contribution is 7.89. The minimum Gasteiger partial charge on any atom is -0.478 e. The van der Waals surface area contributed by atoms with Gasteiger partial charge in [0, 0.05) is 20.2 Å². The first-order valence-electron chi connectivity index (χ1n) is 5.61. The van der Waals surface area contributed by atoms with E-state index in [-0.39, 0.29) is 23.1 Å². The molecule has 19 heavy (non-hydrogen) atoms. The Bertz CT molecular complexity index is 538. The summed E-state index contributed by atoms with van der Waals surface area (Å²) in [5.41, 5.74) is 0.0477. The van der Waals surface area contributed by atoms with Crippen molar-refractivity contribution in [3.05, 3.63) is 29.8 Å². The molecule has 0 bridgehead atoms. The molecule has 0 saturated carbocycles. The molecule has 0 amide bonds. The zero-order valence-electron chi connectivity index (χ0n) is 11.0. The number of hydrogen-bond acceptors (Lipinski definition) is 4. The molecule has 1 aromatic rings. The van der Waals surface area contributed by atoms with Crippen LogP contribution in [-0.4, -0.2) is 50.6 Å². The summed E-state index contributed by atoms with van der Waals surface area (Å²) in [5, 5.41) is 8.77. The monoisotopic (exact) mass is 287 g/mol. The zero-order valence-corrected chi connectivity index (χ0v) is 11.8. The fraction of sp³-hybridized carbons (Fsp3) is 0.417. The molecule has 1 atom stereocenters. The van der Waals surface area contributed by atoms with Crippen molar-refractivity contribution in [2.24, 2.45) is 0 Å². The average molecular weight is 287 g/mol. The fourth-order valence-electron chi connectivity index (χ4n) is 1.52. The van der Waals surface area contributed by atoms with Gasteiger partial charge >= 0.3 is 5.97 Å². The third-order valence-corrected chi connectivity index (χ3v) is 4.79. The molecule has 0 fully saturated rings. The molecule has 0 aromatic heterocycles. The third kappa shape index (κ3) is 3.52. The van der Waals surface area contributed by atoms with E-state index in [2.05, 4.69) is 0 Å². The number of likely N-dealkylation sites (N-methyl/N-ethyl adjacent to an activating group) is 1. The molecule has 0 aliphatic rings. The summed E-state index contributed by atoms with van der Waals surface area (Å²) in [6, 6.07) is 4.80. The van der Waals surface area contributed by atoms with E-state index in [9.17, 15) is 13.2 Å². The average Bonchev–Trinajstić information content (AvgIpc) is 2.38. The third-order valence-electron chi connectivity index (χ3n) is 2.81. The number of aromatic carboxylic acids is 1. The van der Waals surface area contributed by atoms with Crippen LogP contribution in [0.3, 0.4) is 0 Å². The zero-order chi connectivity index (χ0) is 14.6. The van der Waals surface area contributed by atoms with Gasteiger partial charge in [0.05, 0.1) is 17.1 Å². The number of methoxy groups -OCH3 is 1. The Balaban J connectivity index is 3.03. The van der Waals surface area contributed by atoms with E-state index in [0.29, 0.717) is 0 Å². The van der Waals surface area contributed by atoms with Crippen molar-refractivity contribution < 1.29 is 23.1 Å². The van der Waals surface area contributed by atoms with E-state index in [1.165, 1.54) is 42.7 Å². The molecule has 0 aliphatic heterocycles. The topological polar surface area (TPSA) is 83.9 Å². The molecule has 0 unspecified atom stereocenters. The Labute approximate surface area is 112 Å². The van der Waals surface area contributed by atoms with Crippen molar-refractivity contribution >= 4 is 16.0 Å². The van der Waals surface area contributed by atoms with Crippen molar-refractivity contribution in [1.82, 2.24) is 4.31 Å². The van der Waals surface area contributed by atoms with Gasteiger partial charge in [-0.2, -0.15) is 4.31 Å². The lowest BCUT2D eigenvalue weighted by Crippen LogP contribution is -2.37. The normalized spacial score (nSPS) is 13.5. The Morgan fingerprint density at radius 1 is 1.37 bits per heavy atom. The van der Waals surface area contributed by atoms with Crippen molar-refractivity contribution in [2.45, 2.75) is 17.9 Å². The molecule has 0 radical (unpaired) electrons. The molecule has 0 spiro atoms. The number of carboxylic acids is 1. The van der Waals surface area contributed by atoms with E-state index >= 15 is 0 Å². The van der Waals surface area contributed by atoms with Gasteiger partial charge in [-0.15, -0.1) is 0 Å². The number of rotatable bonds is 6. The summed E-state index contributed by atoms with van der Waals surface area (Å²) >= 11 is 0. The summed E-state index contributed by atoms with van der Waals surface area (Å²) in [4.78, 5) is 10.8. The highest BCUT2D eigenvalue weighted by Gasteiger charge is 2.25. The maximum Gasteiger partial charge on any atom is 0.335 e. The first-order valence-corrected chi connectivity index (χ1v) is 7.05. The number of sulfonamides is 1. The lowest BCUT2D eigenvalue weighted by atomic mass is 10.2. The van der Waals surface area contributed by atoms with Gasteiger partial charge in [-0.1, -0.05) is 0 Å². The Morgan fingerprint density at radius 3 is 2.32 bits per heavy atom. The Kier molecular flexibility index (Phi) is 5.04. The van der Waals surface area contributed by atoms with E-state index in [4.69, 9.17) is 9.84 Å². The molecule has 1 rings (SSSR count). The number of nitrogens with zero attached hydrogens (tertiary/aromatic N) is 1. The van der Waals surface area contributed by atoms with Crippen molar-refractivity contribution in [3.63, 3.8) is 0 Å². The molecule has 1 N–H and O–H groups in total. The van der Waals surface area contributed by atoms with Crippen LogP contribution in [0.2, 0.25) is 0 Å². The number of ether oxygens (including phenoxy) is 1. The first-order chi connectivity index (χ1) is 8.80. The maximum atomic E-state index is 12.3. The smallest absolute Gasteiger partial charge is 0.335 e. The van der Waals surface area contributed by atoms with Gasteiger partial charge in [-0.05, 0) is 31.2 Å². The molecule has 6 nitrogen and oxygen atoms in total. The number of carbonyl (C=O) groups is 1. The standard InChI is InChI=1S/C12H17NO5S/c1-9(8-18-3)13(2)19(16,17)11-6-4-10(5-7-11)12(14)15/h4-7,9H,8H2,1-3H3,(H,14,15)/t9-/m0/s1. The van der Waals surface area contributed by atoms with Gasteiger partial charge in [0.15, 0.2) is 0 Å². The second-order valence-electron chi connectivity index (χ2n) is 4.16. The van der Waals surface area contributed by atoms with Crippen LogP contribution < -0.4 is 0 Å². The van der Waals surface area contributed by atoms with E-state index < -0.39 is 16.0 Å². The number of hydrogen-bond donors (Lipinski definition) is 1. The van der Waals surface area contributed by atoms with Gasteiger partial charge in [0.25, 0.3) is 0 Å².